The van der Waals surface area contributed by atoms with Crippen LogP contribution in [-0.2, 0) is 21.7 Å². The van der Waals surface area contributed by atoms with Crippen LogP contribution in [0, 0.1) is 0 Å². The summed E-state index contributed by atoms with van der Waals surface area (Å²) in [5, 5.41) is 42.5. The Morgan fingerprint density at radius 2 is 0.434 bits per heavy atom. The number of fused-ring (bicyclic) bond motifs is 4. The predicted molar refractivity (Wildman–Crippen MR) is 204 cm³/mol. The number of benzene rings is 8. The molecule has 53 heavy (non-hydrogen) atoms. The van der Waals surface area contributed by atoms with Crippen molar-refractivity contribution in [3.05, 3.63) is 192 Å². The Morgan fingerprint density at radius 3 is 0.623 bits per heavy atom. The van der Waals surface area contributed by atoms with Crippen molar-refractivity contribution in [2.24, 2.45) is 0 Å². The van der Waals surface area contributed by atoms with Crippen molar-refractivity contribution < 1.29 is 61.3 Å². The van der Waals surface area contributed by atoms with E-state index in [9.17, 15) is 19.2 Å². The summed E-state index contributed by atoms with van der Waals surface area (Å²) in [7, 11) is 0. The van der Waals surface area contributed by atoms with E-state index in [1.807, 2.05) is 121 Å². The quantitative estimate of drug-likeness (QED) is 0.131. The van der Waals surface area contributed by atoms with Crippen molar-refractivity contribution >= 4 is 67.0 Å². The molecule has 8 aromatic rings. The van der Waals surface area contributed by atoms with Gasteiger partial charge in [-0.1, -0.05) is 146 Å². The summed E-state index contributed by atoms with van der Waals surface area (Å²) in [6.07, 6.45) is 0. The molecule has 0 radical (unpaired) electrons. The van der Waals surface area contributed by atoms with E-state index in [0.29, 0.717) is 22.3 Å². The monoisotopic (exact) mass is 736 g/mol. The number of carboxylic acids is 4. The van der Waals surface area contributed by atoms with Crippen LogP contribution in [0.2, 0.25) is 0 Å². The standard InChI is InChI=1S/4C11H8O2.Ti/c4*12-11(13)10-7-3-5-8-4-1-2-6-9(8)10;/h4*1-7H,(H,12,13);. The third-order valence-corrected chi connectivity index (χ3v) is 8.08. The molecular formula is C44H32O8Ti. The van der Waals surface area contributed by atoms with E-state index in [1.54, 1.807) is 48.5 Å². The summed E-state index contributed by atoms with van der Waals surface area (Å²) in [5.41, 5.74) is 1.44. The van der Waals surface area contributed by atoms with Crippen molar-refractivity contribution in [1.29, 1.82) is 0 Å². The van der Waals surface area contributed by atoms with Gasteiger partial charge in [0.05, 0.1) is 22.3 Å². The van der Waals surface area contributed by atoms with Crippen molar-refractivity contribution in [3.63, 3.8) is 0 Å². The first-order valence-corrected chi connectivity index (χ1v) is 16.0. The Kier molecular flexibility index (Phi) is 13.7. The molecule has 4 N–H and O–H groups in total. The van der Waals surface area contributed by atoms with E-state index in [0.717, 1.165) is 43.1 Å². The maximum Gasteiger partial charge on any atom is 0.336 e. The van der Waals surface area contributed by atoms with E-state index in [2.05, 4.69) is 0 Å². The first-order valence-electron chi connectivity index (χ1n) is 16.0. The molecule has 0 spiro atoms. The zero-order valence-corrected chi connectivity index (χ0v) is 29.6. The van der Waals surface area contributed by atoms with Crippen molar-refractivity contribution in [1.82, 2.24) is 0 Å². The molecule has 0 fully saturated rings. The van der Waals surface area contributed by atoms with Crippen LogP contribution in [0.5, 0.6) is 0 Å². The van der Waals surface area contributed by atoms with Crippen molar-refractivity contribution in [2.45, 2.75) is 0 Å². The fourth-order valence-corrected chi connectivity index (χ4v) is 5.65. The molecular weight excluding hydrogens is 704 g/mol. The molecule has 8 nitrogen and oxygen atoms in total. The van der Waals surface area contributed by atoms with Gasteiger partial charge in [0.25, 0.3) is 0 Å². The minimum Gasteiger partial charge on any atom is -0.478 e. The molecule has 0 heterocycles. The molecule has 8 aromatic carbocycles. The summed E-state index contributed by atoms with van der Waals surface area (Å²) in [4.78, 5) is 43.3. The minimum absolute atomic E-state index is 0. The molecule has 0 unspecified atom stereocenters. The van der Waals surface area contributed by atoms with Crippen molar-refractivity contribution in [2.75, 3.05) is 0 Å². The fourth-order valence-electron chi connectivity index (χ4n) is 5.65. The second-order valence-electron chi connectivity index (χ2n) is 11.3. The topological polar surface area (TPSA) is 149 Å². The average molecular weight is 737 g/mol. The maximum atomic E-state index is 10.8. The molecule has 0 aromatic heterocycles. The zero-order valence-electron chi connectivity index (χ0n) is 28.1. The number of carboxylic acid groups (broad SMARTS) is 4. The van der Waals surface area contributed by atoms with Gasteiger partial charge in [-0.15, -0.1) is 0 Å². The van der Waals surface area contributed by atoms with Crippen LogP contribution in [0.3, 0.4) is 0 Å². The largest absolute Gasteiger partial charge is 0.478 e. The van der Waals surface area contributed by atoms with Crippen LogP contribution in [0.1, 0.15) is 41.4 Å². The molecule has 0 aliphatic carbocycles. The average Bonchev–Trinajstić information content (AvgIpc) is 3.17. The Balaban J connectivity index is 0.000000157. The van der Waals surface area contributed by atoms with Gasteiger partial charge < -0.3 is 20.4 Å². The molecule has 0 atom stereocenters. The molecule has 8 rings (SSSR count). The Morgan fingerprint density at radius 1 is 0.264 bits per heavy atom. The van der Waals surface area contributed by atoms with Gasteiger partial charge in [0.1, 0.15) is 0 Å². The first kappa shape index (κ1) is 39.2. The minimum atomic E-state index is -0.878. The fraction of sp³-hybridized carbons (Fsp3) is 0. The SMILES string of the molecule is O=C(O)c1cccc2ccccc12.O=C(O)c1cccc2ccccc12.O=C(O)c1cccc2ccccc12.O=C(O)c1cccc2ccccc12.[Ti]. The maximum absolute atomic E-state index is 10.8. The van der Waals surface area contributed by atoms with Gasteiger partial charge in [-0.25, -0.2) is 19.2 Å². The van der Waals surface area contributed by atoms with E-state index < -0.39 is 23.9 Å². The third-order valence-electron chi connectivity index (χ3n) is 8.08. The van der Waals surface area contributed by atoms with Crippen LogP contribution >= 0.6 is 0 Å². The predicted octanol–water partition coefficient (Wildman–Crippen LogP) is 10.1. The second kappa shape index (κ2) is 18.6. The smallest absolute Gasteiger partial charge is 0.336 e. The number of aromatic carboxylic acids is 4. The number of rotatable bonds is 4. The van der Waals surface area contributed by atoms with Crippen LogP contribution in [-0.4, -0.2) is 44.3 Å². The van der Waals surface area contributed by atoms with E-state index in [4.69, 9.17) is 20.4 Å². The molecule has 0 saturated carbocycles. The van der Waals surface area contributed by atoms with Crippen LogP contribution in [0.15, 0.2) is 170 Å². The first-order chi connectivity index (χ1) is 25.2. The van der Waals surface area contributed by atoms with Crippen molar-refractivity contribution in [3.8, 4) is 0 Å². The van der Waals surface area contributed by atoms with Gasteiger partial charge in [-0.2, -0.15) is 0 Å². The van der Waals surface area contributed by atoms with Gasteiger partial charge in [0.2, 0.25) is 0 Å². The molecule has 0 aliphatic heterocycles. The zero-order chi connectivity index (χ0) is 37.0. The van der Waals surface area contributed by atoms with E-state index in [1.165, 1.54) is 0 Å². The normalized spacial score (nSPS) is 9.96. The van der Waals surface area contributed by atoms with Gasteiger partial charge >= 0.3 is 23.9 Å². The second-order valence-corrected chi connectivity index (χ2v) is 11.3. The van der Waals surface area contributed by atoms with E-state index >= 15 is 0 Å². The molecule has 260 valence electrons. The Bertz CT molecular complexity index is 2180. The van der Waals surface area contributed by atoms with Gasteiger partial charge in [-0.05, 0) is 67.4 Å². The summed E-state index contributed by atoms with van der Waals surface area (Å²) < 4.78 is 0. The third kappa shape index (κ3) is 9.80. The molecule has 0 bridgehead atoms. The Labute approximate surface area is 319 Å². The van der Waals surface area contributed by atoms with Crippen LogP contribution in [0.4, 0.5) is 0 Å². The van der Waals surface area contributed by atoms with Crippen LogP contribution < -0.4 is 0 Å². The molecule has 0 aliphatic rings. The molecule has 0 saturated heterocycles. The molecule has 0 amide bonds. The number of carbonyl (C=O) groups is 4. The Hall–Kier alpha value is -6.61. The number of hydrogen-bond acceptors (Lipinski definition) is 4. The van der Waals surface area contributed by atoms with Gasteiger partial charge in [-0.3, -0.25) is 0 Å². The summed E-state index contributed by atoms with van der Waals surface area (Å²) >= 11 is 0. The summed E-state index contributed by atoms with van der Waals surface area (Å²) in [6, 6.07) is 51.0. The van der Waals surface area contributed by atoms with E-state index in [-0.39, 0.29) is 21.7 Å². The molecule has 9 heteroatoms. The number of hydrogen-bond donors (Lipinski definition) is 4. The van der Waals surface area contributed by atoms with Crippen LogP contribution in [0.25, 0.3) is 43.1 Å². The summed E-state index contributed by atoms with van der Waals surface area (Å²) in [5.74, 6) is -3.51. The van der Waals surface area contributed by atoms with Gasteiger partial charge in [0, 0.05) is 21.7 Å². The van der Waals surface area contributed by atoms with Gasteiger partial charge in [0.15, 0.2) is 0 Å². The summed E-state index contributed by atoms with van der Waals surface area (Å²) in [6.45, 7) is 0.